The molecule has 0 bridgehead atoms. The van der Waals surface area contributed by atoms with Crippen molar-refractivity contribution in [2.45, 2.75) is 20.0 Å². The molecule has 0 saturated heterocycles. The van der Waals surface area contributed by atoms with Gasteiger partial charge in [-0.25, -0.2) is 4.98 Å². The summed E-state index contributed by atoms with van der Waals surface area (Å²) in [6.45, 7) is 3.37. The van der Waals surface area contributed by atoms with Gasteiger partial charge in [-0.2, -0.15) is 4.98 Å². The largest absolute Gasteiger partial charge is 0.366 e. The quantitative estimate of drug-likeness (QED) is 0.468. The Bertz CT molecular complexity index is 1060. The van der Waals surface area contributed by atoms with Crippen molar-refractivity contribution < 1.29 is 0 Å². The van der Waals surface area contributed by atoms with E-state index < -0.39 is 0 Å². The van der Waals surface area contributed by atoms with Gasteiger partial charge in [0, 0.05) is 24.4 Å². The molecule has 0 saturated carbocycles. The van der Waals surface area contributed by atoms with E-state index in [9.17, 15) is 0 Å². The number of aryl methyl sites for hydroxylation is 1. The first-order chi connectivity index (χ1) is 14.3. The molecule has 0 spiro atoms. The smallest absolute Gasteiger partial charge is 0.225 e. The lowest BCUT2D eigenvalue weighted by Crippen LogP contribution is -2.08. The molecule has 0 radical (unpaired) electrons. The zero-order valence-electron chi connectivity index (χ0n) is 16.3. The molecule has 0 aliphatic carbocycles. The summed E-state index contributed by atoms with van der Waals surface area (Å²) >= 11 is 0. The highest BCUT2D eigenvalue weighted by molar-refractivity contribution is 5.64. The molecule has 144 valence electrons. The number of hydrogen-bond acceptors (Lipinski definition) is 5. The van der Waals surface area contributed by atoms with Gasteiger partial charge in [-0.05, 0) is 24.6 Å². The fourth-order valence-electron chi connectivity index (χ4n) is 3.06. The van der Waals surface area contributed by atoms with Crippen LogP contribution in [0.4, 0.5) is 11.8 Å². The van der Waals surface area contributed by atoms with Gasteiger partial charge in [0.05, 0.1) is 17.9 Å². The molecule has 29 heavy (non-hydrogen) atoms. The Labute approximate surface area is 170 Å². The molecule has 0 atom stereocenters. The first kappa shape index (κ1) is 18.6. The van der Waals surface area contributed by atoms with Gasteiger partial charge in [0.2, 0.25) is 5.95 Å². The van der Waals surface area contributed by atoms with E-state index in [2.05, 4.69) is 63.9 Å². The van der Waals surface area contributed by atoms with E-state index >= 15 is 0 Å². The Hall–Kier alpha value is -3.73. The lowest BCUT2D eigenvalue weighted by molar-refractivity contribution is 0.997. The van der Waals surface area contributed by atoms with Crippen molar-refractivity contribution in [2.24, 2.45) is 0 Å². The third-order valence-corrected chi connectivity index (χ3v) is 4.51. The summed E-state index contributed by atoms with van der Waals surface area (Å²) in [6.07, 6.45) is 1.78. The summed E-state index contributed by atoms with van der Waals surface area (Å²) in [7, 11) is 0. The number of nitrogens with zero attached hydrogens (tertiary/aromatic N) is 3. The van der Waals surface area contributed by atoms with Crippen LogP contribution in [0.5, 0.6) is 0 Å². The first-order valence-corrected chi connectivity index (χ1v) is 9.64. The second-order valence-electron chi connectivity index (χ2n) is 6.85. The van der Waals surface area contributed by atoms with Crippen LogP contribution in [0.1, 0.15) is 16.8 Å². The molecule has 2 aromatic carbocycles. The maximum Gasteiger partial charge on any atom is 0.225 e. The van der Waals surface area contributed by atoms with Gasteiger partial charge in [0.25, 0.3) is 0 Å². The molecule has 0 aliphatic heterocycles. The summed E-state index contributed by atoms with van der Waals surface area (Å²) in [6, 6.07) is 26.4. The van der Waals surface area contributed by atoms with Crippen molar-refractivity contribution in [1.29, 1.82) is 0 Å². The van der Waals surface area contributed by atoms with Crippen LogP contribution in [0, 0.1) is 6.92 Å². The summed E-state index contributed by atoms with van der Waals surface area (Å²) in [5.41, 5.74) is 5.32. The van der Waals surface area contributed by atoms with Gasteiger partial charge in [0.15, 0.2) is 0 Å². The molecule has 2 heterocycles. The van der Waals surface area contributed by atoms with Gasteiger partial charge in [-0.1, -0.05) is 66.2 Å². The number of rotatable bonds is 7. The SMILES string of the molecule is Cc1cccc(CNc2cc(-c3ccccc3)nc(NCc3ccccn3)n2)c1. The van der Waals surface area contributed by atoms with E-state index in [1.54, 1.807) is 6.20 Å². The van der Waals surface area contributed by atoms with Crippen LogP contribution in [0.25, 0.3) is 11.3 Å². The highest BCUT2D eigenvalue weighted by Crippen LogP contribution is 2.22. The fraction of sp³-hybridized carbons (Fsp3) is 0.125. The normalized spacial score (nSPS) is 10.5. The van der Waals surface area contributed by atoms with Crippen LogP contribution in [0.2, 0.25) is 0 Å². The van der Waals surface area contributed by atoms with Crippen molar-refractivity contribution in [3.05, 3.63) is 102 Å². The van der Waals surface area contributed by atoms with Crippen LogP contribution < -0.4 is 10.6 Å². The molecule has 2 N–H and O–H groups in total. The molecule has 0 fully saturated rings. The van der Waals surface area contributed by atoms with Crippen LogP contribution in [0.15, 0.2) is 85.1 Å². The molecule has 5 heteroatoms. The Kier molecular flexibility index (Phi) is 5.76. The molecule has 5 nitrogen and oxygen atoms in total. The molecule has 0 aliphatic rings. The zero-order valence-corrected chi connectivity index (χ0v) is 16.3. The van der Waals surface area contributed by atoms with Crippen molar-refractivity contribution in [2.75, 3.05) is 10.6 Å². The molecule has 0 unspecified atom stereocenters. The predicted octanol–water partition coefficient (Wildman–Crippen LogP) is 5.07. The van der Waals surface area contributed by atoms with Crippen LogP contribution in [0.3, 0.4) is 0 Å². The third kappa shape index (κ3) is 5.17. The molecule has 4 rings (SSSR count). The monoisotopic (exact) mass is 381 g/mol. The first-order valence-electron chi connectivity index (χ1n) is 9.64. The lowest BCUT2D eigenvalue weighted by Gasteiger charge is -2.12. The minimum atomic E-state index is 0.566. The van der Waals surface area contributed by atoms with Gasteiger partial charge in [0.1, 0.15) is 5.82 Å². The van der Waals surface area contributed by atoms with Gasteiger partial charge in [-0.15, -0.1) is 0 Å². The fourth-order valence-corrected chi connectivity index (χ4v) is 3.06. The Morgan fingerprint density at radius 2 is 1.62 bits per heavy atom. The van der Waals surface area contributed by atoms with E-state index in [-0.39, 0.29) is 0 Å². The van der Waals surface area contributed by atoms with Gasteiger partial charge >= 0.3 is 0 Å². The molecule has 4 aromatic rings. The standard InChI is InChI=1S/C24H23N5/c1-18-8-7-9-19(14-18)16-26-23-15-22(20-10-3-2-4-11-20)28-24(29-23)27-17-21-12-5-6-13-25-21/h2-15H,16-17H2,1H3,(H2,26,27,28,29). The second-order valence-corrected chi connectivity index (χ2v) is 6.85. The maximum atomic E-state index is 4.70. The lowest BCUT2D eigenvalue weighted by atomic mass is 10.1. The van der Waals surface area contributed by atoms with Crippen molar-refractivity contribution in [3.8, 4) is 11.3 Å². The maximum absolute atomic E-state index is 4.70. The van der Waals surface area contributed by atoms with E-state index in [0.717, 1.165) is 22.8 Å². The number of aromatic nitrogens is 3. The molecule has 2 aromatic heterocycles. The number of pyridine rings is 1. The molecule has 0 amide bonds. The minimum absolute atomic E-state index is 0.566. The topological polar surface area (TPSA) is 62.7 Å². The van der Waals surface area contributed by atoms with Gasteiger partial charge in [-0.3, -0.25) is 4.98 Å². The summed E-state index contributed by atoms with van der Waals surface area (Å²) in [5, 5.41) is 6.72. The van der Waals surface area contributed by atoms with Crippen LogP contribution >= 0.6 is 0 Å². The van der Waals surface area contributed by atoms with Crippen molar-refractivity contribution in [1.82, 2.24) is 15.0 Å². The number of nitrogens with one attached hydrogen (secondary N) is 2. The van der Waals surface area contributed by atoms with E-state index in [0.29, 0.717) is 19.0 Å². The minimum Gasteiger partial charge on any atom is -0.366 e. The Balaban J connectivity index is 1.57. The third-order valence-electron chi connectivity index (χ3n) is 4.51. The van der Waals surface area contributed by atoms with Crippen LogP contribution in [-0.2, 0) is 13.1 Å². The predicted molar refractivity (Wildman–Crippen MR) is 118 cm³/mol. The van der Waals surface area contributed by atoms with Crippen molar-refractivity contribution >= 4 is 11.8 Å². The van der Waals surface area contributed by atoms with Gasteiger partial charge < -0.3 is 10.6 Å². The Morgan fingerprint density at radius 1 is 0.759 bits per heavy atom. The second kappa shape index (κ2) is 8.97. The average Bonchev–Trinajstić information content (AvgIpc) is 2.78. The van der Waals surface area contributed by atoms with E-state index in [1.165, 1.54) is 11.1 Å². The average molecular weight is 381 g/mol. The summed E-state index contributed by atoms with van der Waals surface area (Å²) in [4.78, 5) is 13.7. The molecular weight excluding hydrogens is 358 g/mol. The highest BCUT2D eigenvalue weighted by Gasteiger charge is 2.07. The number of benzene rings is 2. The number of hydrogen-bond donors (Lipinski definition) is 2. The summed E-state index contributed by atoms with van der Waals surface area (Å²) in [5.74, 6) is 1.35. The Morgan fingerprint density at radius 3 is 2.41 bits per heavy atom. The van der Waals surface area contributed by atoms with Crippen molar-refractivity contribution in [3.63, 3.8) is 0 Å². The molecular formula is C24H23N5. The zero-order chi connectivity index (χ0) is 19.9. The highest BCUT2D eigenvalue weighted by atomic mass is 15.1. The van der Waals surface area contributed by atoms with E-state index in [4.69, 9.17) is 4.98 Å². The summed E-state index contributed by atoms with van der Waals surface area (Å²) < 4.78 is 0. The van der Waals surface area contributed by atoms with E-state index in [1.807, 2.05) is 42.5 Å². The number of anilines is 2. The van der Waals surface area contributed by atoms with Crippen LogP contribution in [-0.4, -0.2) is 15.0 Å².